The van der Waals surface area contributed by atoms with E-state index in [2.05, 4.69) is 28.8 Å². The number of rotatable bonds is 4. The fourth-order valence-corrected chi connectivity index (χ4v) is 3.45. The number of aromatic nitrogens is 1. The molecule has 1 heterocycles. The quantitative estimate of drug-likeness (QED) is 0.571. The van der Waals surface area contributed by atoms with Gasteiger partial charge in [0, 0.05) is 23.0 Å². The molecule has 0 radical (unpaired) electrons. The Kier molecular flexibility index (Phi) is 4.00. The van der Waals surface area contributed by atoms with Crippen LogP contribution in [-0.2, 0) is 6.54 Å². The molecule has 25 heavy (non-hydrogen) atoms. The number of fused-ring (bicyclic) bond motifs is 1. The summed E-state index contributed by atoms with van der Waals surface area (Å²) >= 11 is 0. The molecular weight excluding hydrogens is 310 g/mol. The lowest BCUT2D eigenvalue weighted by Crippen LogP contribution is -2.04. The smallest absolute Gasteiger partial charge is 0.115 e. The van der Waals surface area contributed by atoms with E-state index in [1.807, 2.05) is 42.5 Å². The number of para-hydroxylation sites is 1. The van der Waals surface area contributed by atoms with Crippen molar-refractivity contribution in [2.24, 2.45) is 0 Å². The van der Waals surface area contributed by atoms with E-state index in [1.165, 1.54) is 0 Å². The molecule has 3 nitrogen and oxygen atoms in total. The number of aliphatic hydroxyl groups excluding tert-OH is 1. The maximum atomic E-state index is 9.65. The van der Waals surface area contributed by atoms with Gasteiger partial charge < -0.3 is 14.8 Å². The molecule has 0 unspecified atom stereocenters. The molecule has 1 aromatic heterocycles. The van der Waals surface area contributed by atoms with Crippen LogP contribution in [0.1, 0.15) is 0 Å². The van der Waals surface area contributed by atoms with Crippen LogP contribution >= 0.6 is 0 Å². The van der Waals surface area contributed by atoms with E-state index in [4.69, 9.17) is 0 Å². The Bertz CT molecular complexity index is 1000. The SMILES string of the molecule is OCCn1c(-c2ccccc2)c(-c2ccc(O)cc2)c2ccccc21. The first kappa shape index (κ1) is 15.5. The largest absolute Gasteiger partial charge is 0.508 e. The van der Waals surface area contributed by atoms with Gasteiger partial charge in [0.25, 0.3) is 0 Å². The van der Waals surface area contributed by atoms with Gasteiger partial charge in [-0.15, -0.1) is 0 Å². The van der Waals surface area contributed by atoms with Gasteiger partial charge >= 0.3 is 0 Å². The number of aliphatic hydroxyl groups is 1. The molecule has 0 aliphatic carbocycles. The van der Waals surface area contributed by atoms with E-state index in [-0.39, 0.29) is 12.4 Å². The summed E-state index contributed by atoms with van der Waals surface area (Å²) in [5.41, 5.74) is 5.45. The molecule has 4 aromatic rings. The van der Waals surface area contributed by atoms with Crippen molar-refractivity contribution in [1.82, 2.24) is 4.57 Å². The Morgan fingerprint density at radius 2 is 1.40 bits per heavy atom. The van der Waals surface area contributed by atoms with Crippen LogP contribution in [-0.4, -0.2) is 21.4 Å². The summed E-state index contributed by atoms with van der Waals surface area (Å²) in [5.74, 6) is 0.254. The van der Waals surface area contributed by atoms with Gasteiger partial charge in [-0.3, -0.25) is 0 Å². The zero-order valence-corrected chi connectivity index (χ0v) is 13.8. The van der Waals surface area contributed by atoms with E-state index in [0.29, 0.717) is 6.54 Å². The molecule has 0 aliphatic rings. The number of aromatic hydroxyl groups is 1. The summed E-state index contributed by atoms with van der Waals surface area (Å²) in [6, 6.07) is 25.8. The van der Waals surface area contributed by atoms with Crippen LogP contribution in [0, 0.1) is 0 Å². The normalized spacial score (nSPS) is 11.1. The van der Waals surface area contributed by atoms with Crippen molar-refractivity contribution in [2.75, 3.05) is 6.61 Å². The van der Waals surface area contributed by atoms with Gasteiger partial charge in [0.05, 0.1) is 12.3 Å². The van der Waals surface area contributed by atoms with E-state index in [0.717, 1.165) is 33.3 Å². The lowest BCUT2D eigenvalue weighted by atomic mass is 9.98. The molecule has 0 saturated heterocycles. The molecule has 124 valence electrons. The zero-order valence-electron chi connectivity index (χ0n) is 13.8. The van der Waals surface area contributed by atoms with Crippen molar-refractivity contribution < 1.29 is 10.2 Å². The molecule has 0 aliphatic heterocycles. The molecular formula is C22H19NO2. The lowest BCUT2D eigenvalue weighted by molar-refractivity contribution is 0.279. The fraction of sp³-hybridized carbons (Fsp3) is 0.0909. The summed E-state index contributed by atoms with van der Waals surface area (Å²) in [5, 5.41) is 20.4. The molecule has 4 rings (SSSR count). The predicted molar refractivity (Wildman–Crippen MR) is 102 cm³/mol. The highest BCUT2D eigenvalue weighted by Crippen LogP contribution is 2.41. The maximum Gasteiger partial charge on any atom is 0.115 e. The predicted octanol–water partition coefficient (Wildman–Crippen LogP) is 4.67. The van der Waals surface area contributed by atoms with E-state index in [9.17, 15) is 10.2 Å². The molecule has 3 heteroatoms. The van der Waals surface area contributed by atoms with Gasteiger partial charge in [-0.1, -0.05) is 60.7 Å². The molecule has 2 N–H and O–H groups in total. The zero-order chi connectivity index (χ0) is 17.2. The minimum Gasteiger partial charge on any atom is -0.508 e. The summed E-state index contributed by atoms with van der Waals surface area (Å²) in [7, 11) is 0. The molecule has 0 bridgehead atoms. The van der Waals surface area contributed by atoms with E-state index in [1.54, 1.807) is 12.1 Å². The van der Waals surface area contributed by atoms with Crippen LogP contribution in [0.2, 0.25) is 0 Å². The van der Waals surface area contributed by atoms with E-state index < -0.39 is 0 Å². The minimum atomic E-state index is 0.0769. The monoisotopic (exact) mass is 329 g/mol. The Morgan fingerprint density at radius 1 is 0.720 bits per heavy atom. The van der Waals surface area contributed by atoms with Crippen LogP contribution in [0.5, 0.6) is 5.75 Å². The molecule has 3 aromatic carbocycles. The summed E-state index contributed by atoms with van der Waals surface area (Å²) < 4.78 is 2.17. The fourth-order valence-electron chi connectivity index (χ4n) is 3.45. The number of benzene rings is 3. The van der Waals surface area contributed by atoms with Gasteiger partial charge in [0.1, 0.15) is 5.75 Å². The van der Waals surface area contributed by atoms with Gasteiger partial charge in [-0.05, 0) is 29.3 Å². The Morgan fingerprint density at radius 3 is 2.12 bits per heavy atom. The Hall–Kier alpha value is -3.04. The topological polar surface area (TPSA) is 45.4 Å². The Labute approximate surface area is 146 Å². The molecule has 0 atom stereocenters. The average Bonchev–Trinajstić information content (AvgIpc) is 2.98. The number of phenolic OH excluding ortho intramolecular Hbond substituents is 1. The third-order valence-electron chi connectivity index (χ3n) is 4.50. The first-order valence-corrected chi connectivity index (χ1v) is 8.36. The number of phenols is 1. The second-order valence-corrected chi connectivity index (χ2v) is 6.03. The van der Waals surface area contributed by atoms with Crippen molar-refractivity contribution >= 4 is 10.9 Å². The highest BCUT2D eigenvalue weighted by Gasteiger charge is 2.19. The second-order valence-electron chi connectivity index (χ2n) is 6.03. The van der Waals surface area contributed by atoms with E-state index >= 15 is 0 Å². The number of hydrogen-bond acceptors (Lipinski definition) is 2. The molecule has 0 spiro atoms. The third kappa shape index (κ3) is 2.69. The first-order chi connectivity index (χ1) is 12.3. The summed E-state index contributed by atoms with van der Waals surface area (Å²) in [6.07, 6.45) is 0. The molecule has 0 saturated carbocycles. The van der Waals surface area contributed by atoms with Gasteiger partial charge in [-0.25, -0.2) is 0 Å². The van der Waals surface area contributed by atoms with Crippen LogP contribution < -0.4 is 0 Å². The third-order valence-corrected chi connectivity index (χ3v) is 4.50. The number of nitrogens with zero attached hydrogens (tertiary/aromatic N) is 1. The highest BCUT2D eigenvalue weighted by molar-refractivity contribution is 6.04. The lowest BCUT2D eigenvalue weighted by Gasteiger charge is -2.12. The Balaban J connectivity index is 2.10. The first-order valence-electron chi connectivity index (χ1n) is 8.36. The van der Waals surface area contributed by atoms with Crippen molar-refractivity contribution in [2.45, 2.75) is 6.54 Å². The van der Waals surface area contributed by atoms with Crippen molar-refractivity contribution in [3.8, 4) is 28.1 Å². The minimum absolute atomic E-state index is 0.0769. The van der Waals surface area contributed by atoms with Crippen LogP contribution in [0.4, 0.5) is 0 Å². The van der Waals surface area contributed by atoms with Gasteiger partial charge in [0.15, 0.2) is 0 Å². The highest BCUT2D eigenvalue weighted by atomic mass is 16.3. The van der Waals surface area contributed by atoms with Gasteiger partial charge in [-0.2, -0.15) is 0 Å². The summed E-state index contributed by atoms with van der Waals surface area (Å²) in [6.45, 7) is 0.607. The molecule has 0 amide bonds. The molecule has 0 fully saturated rings. The standard InChI is InChI=1S/C22H19NO2/c24-15-14-23-20-9-5-4-8-19(20)21(16-10-12-18(25)13-11-16)22(23)17-6-2-1-3-7-17/h1-13,24-25H,14-15H2. The van der Waals surface area contributed by atoms with Gasteiger partial charge in [0.2, 0.25) is 0 Å². The van der Waals surface area contributed by atoms with Crippen LogP contribution in [0.25, 0.3) is 33.3 Å². The average molecular weight is 329 g/mol. The van der Waals surface area contributed by atoms with Crippen LogP contribution in [0.3, 0.4) is 0 Å². The van der Waals surface area contributed by atoms with Crippen LogP contribution in [0.15, 0.2) is 78.9 Å². The summed E-state index contributed by atoms with van der Waals surface area (Å²) in [4.78, 5) is 0. The van der Waals surface area contributed by atoms with Crippen molar-refractivity contribution in [1.29, 1.82) is 0 Å². The maximum absolute atomic E-state index is 9.65. The number of hydrogen-bond donors (Lipinski definition) is 2. The van der Waals surface area contributed by atoms with Crippen molar-refractivity contribution in [3.05, 3.63) is 78.9 Å². The van der Waals surface area contributed by atoms with Crippen molar-refractivity contribution in [3.63, 3.8) is 0 Å². The second kappa shape index (κ2) is 6.46.